The molecule has 1 heterocycles. The van der Waals surface area contributed by atoms with E-state index in [2.05, 4.69) is 11.1 Å². The number of nitrogens with zero attached hydrogens (tertiary/aromatic N) is 3. The van der Waals surface area contributed by atoms with Gasteiger partial charge in [0.05, 0.1) is 30.0 Å². The first kappa shape index (κ1) is 19.5. The Morgan fingerprint density at radius 1 is 1.25 bits per heavy atom. The largest absolute Gasteiger partial charge is 0.495 e. The standard InChI is InChI=1S/C21H19N3O3S/c1-3-16-19(25)23-21(28-13-15-8-6-7-14(11-15)12-22)24(20(16)26)17-9-4-5-10-18(17)27-2/h4-11,25H,3,13H2,1-2H3. The minimum Gasteiger partial charge on any atom is -0.495 e. The van der Waals surface area contributed by atoms with Crippen LogP contribution in [0.3, 0.4) is 0 Å². The lowest BCUT2D eigenvalue weighted by molar-refractivity contribution is 0.408. The van der Waals surface area contributed by atoms with E-state index in [4.69, 9.17) is 10.00 Å². The molecule has 0 amide bonds. The van der Waals surface area contributed by atoms with Gasteiger partial charge < -0.3 is 9.84 Å². The fourth-order valence-corrected chi connectivity index (χ4v) is 3.77. The first-order valence-electron chi connectivity index (χ1n) is 8.69. The van der Waals surface area contributed by atoms with E-state index in [0.717, 1.165) is 5.56 Å². The first-order chi connectivity index (χ1) is 13.6. The Balaban J connectivity index is 2.10. The highest BCUT2D eigenvalue weighted by Crippen LogP contribution is 2.29. The number of ether oxygens (including phenoxy) is 1. The Morgan fingerprint density at radius 3 is 2.75 bits per heavy atom. The molecular formula is C21H19N3O3S. The molecule has 0 bridgehead atoms. The molecule has 3 aromatic rings. The molecule has 2 aromatic carbocycles. The SMILES string of the molecule is CCc1c(O)nc(SCc2cccc(C#N)c2)n(-c2ccccc2OC)c1=O. The molecule has 0 aliphatic heterocycles. The smallest absolute Gasteiger partial charge is 0.265 e. The Kier molecular flexibility index (Phi) is 6.02. The van der Waals surface area contributed by atoms with Crippen molar-refractivity contribution in [2.24, 2.45) is 0 Å². The van der Waals surface area contributed by atoms with E-state index < -0.39 is 0 Å². The highest BCUT2D eigenvalue weighted by atomic mass is 32.2. The number of rotatable bonds is 6. The zero-order chi connectivity index (χ0) is 20.1. The highest BCUT2D eigenvalue weighted by Gasteiger charge is 2.19. The van der Waals surface area contributed by atoms with Crippen LogP contribution in [0.1, 0.15) is 23.6 Å². The van der Waals surface area contributed by atoms with Crippen LogP contribution in [0, 0.1) is 11.3 Å². The molecule has 0 saturated carbocycles. The maximum Gasteiger partial charge on any atom is 0.265 e. The summed E-state index contributed by atoms with van der Waals surface area (Å²) in [6.07, 6.45) is 0.363. The van der Waals surface area contributed by atoms with Crippen molar-refractivity contribution in [3.8, 4) is 23.4 Å². The van der Waals surface area contributed by atoms with E-state index in [1.165, 1.54) is 16.3 Å². The van der Waals surface area contributed by atoms with Crippen LogP contribution in [0.25, 0.3) is 5.69 Å². The highest BCUT2D eigenvalue weighted by molar-refractivity contribution is 7.98. The normalized spacial score (nSPS) is 10.5. The molecule has 142 valence electrons. The Hall–Kier alpha value is -3.24. The third-order valence-electron chi connectivity index (χ3n) is 4.23. The van der Waals surface area contributed by atoms with Crippen molar-refractivity contribution in [1.82, 2.24) is 9.55 Å². The number of nitriles is 1. The molecule has 0 fully saturated rings. The quantitative estimate of drug-likeness (QED) is 0.508. The van der Waals surface area contributed by atoms with Gasteiger partial charge in [-0.2, -0.15) is 10.2 Å². The lowest BCUT2D eigenvalue weighted by Gasteiger charge is -2.16. The molecule has 1 N–H and O–H groups in total. The molecule has 0 saturated heterocycles. The van der Waals surface area contributed by atoms with Gasteiger partial charge >= 0.3 is 0 Å². The van der Waals surface area contributed by atoms with Crippen molar-refractivity contribution in [3.63, 3.8) is 0 Å². The summed E-state index contributed by atoms with van der Waals surface area (Å²) in [6, 6.07) is 16.5. The molecule has 6 nitrogen and oxygen atoms in total. The summed E-state index contributed by atoms with van der Waals surface area (Å²) in [4.78, 5) is 17.3. The predicted molar refractivity (Wildman–Crippen MR) is 108 cm³/mol. The predicted octanol–water partition coefficient (Wildman–Crippen LogP) is 3.67. The summed E-state index contributed by atoms with van der Waals surface area (Å²) in [5.41, 5.74) is 1.97. The van der Waals surface area contributed by atoms with Crippen LogP contribution in [0.15, 0.2) is 58.5 Å². The molecule has 28 heavy (non-hydrogen) atoms. The molecular weight excluding hydrogens is 374 g/mol. The van der Waals surface area contributed by atoms with Crippen molar-refractivity contribution in [3.05, 3.63) is 75.6 Å². The summed E-state index contributed by atoms with van der Waals surface area (Å²) >= 11 is 1.31. The second-order valence-corrected chi connectivity index (χ2v) is 6.91. The molecule has 0 aliphatic carbocycles. The molecule has 0 atom stereocenters. The number of aromatic nitrogens is 2. The van der Waals surface area contributed by atoms with Crippen molar-refractivity contribution in [2.75, 3.05) is 7.11 Å². The van der Waals surface area contributed by atoms with Crippen molar-refractivity contribution < 1.29 is 9.84 Å². The monoisotopic (exact) mass is 393 g/mol. The van der Waals surface area contributed by atoms with Gasteiger partial charge in [-0.05, 0) is 36.2 Å². The number of para-hydroxylation sites is 2. The van der Waals surface area contributed by atoms with E-state index in [0.29, 0.717) is 34.3 Å². The summed E-state index contributed by atoms with van der Waals surface area (Å²) in [5.74, 6) is 0.765. The van der Waals surface area contributed by atoms with Crippen molar-refractivity contribution in [1.29, 1.82) is 5.26 Å². The Bertz CT molecular complexity index is 1100. The second-order valence-electron chi connectivity index (χ2n) is 5.96. The van der Waals surface area contributed by atoms with Gasteiger partial charge in [-0.3, -0.25) is 9.36 Å². The summed E-state index contributed by atoms with van der Waals surface area (Å²) in [6.45, 7) is 1.80. The number of methoxy groups -OCH3 is 1. The fraction of sp³-hybridized carbons (Fsp3) is 0.190. The molecule has 0 spiro atoms. The van der Waals surface area contributed by atoms with Gasteiger partial charge in [0, 0.05) is 5.75 Å². The molecule has 0 radical (unpaired) electrons. The van der Waals surface area contributed by atoms with Crippen LogP contribution < -0.4 is 10.3 Å². The lowest BCUT2D eigenvalue weighted by atomic mass is 10.2. The molecule has 3 rings (SSSR count). The van der Waals surface area contributed by atoms with Crippen molar-refractivity contribution >= 4 is 11.8 Å². The van der Waals surface area contributed by atoms with E-state index in [1.807, 2.05) is 24.3 Å². The molecule has 0 unspecified atom stereocenters. The number of hydrogen-bond acceptors (Lipinski definition) is 6. The van der Waals surface area contributed by atoms with Crippen LogP contribution in [0.2, 0.25) is 0 Å². The van der Waals surface area contributed by atoms with Crippen molar-refractivity contribution in [2.45, 2.75) is 24.3 Å². The van der Waals surface area contributed by atoms with Crippen LogP contribution in [0.5, 0.6) is 11.6 Å². The number of benzene rings is 2. The number of aromatic hydroxyl groups is 1. The maximum atomic E-state index is 13.1. The van der Waals surface area contributed by atoms with Gasteiger partial charge in [0.15, 0.2) is 5.16 Å². The topological polar surface area (TPSA) is 88.1 Å². The van der Waals surface area contributed by atoms with E-state index >= 15 is 0 Å². The summed E-state index contributed by atoms with van der Waals surface area (Å²) < 4.78 is 6.88. The first-order valence-corrected chi connectivity index (χ1v) is 9.67. The van der Waals surface area contributed by atoms with Gasteiger partial charge in [-0.1, -0.05) is 43.0 Å². The van der Waals surface area contributed by atoms with Crippen LogP contribution in [0.4, 0.5) is 0 Å². The average Bonchev–Trinajstić information content (AvgIpc) is 2.72. The van der Waals surface area contributed by atoms with E-state index in [-0.39, 0.29) is 17.0 Å². The van der Waals surface area contributed by atoms with Crippen LogP contribution in [-0.2, 0) is 12.2 Å². The summed E-state index contributed by atoms with van der Waals surface area (Å²) in [5, 5.41) is 19.7. The third kappa shape index (κ3) is 3.87. The zero-order valence-corrected chi connectivity index (χ0v) is 16.4. The summed E-state index contributed by atoms with van der Waals surface area (Å²) in [7, 11) is 1.54. The van der Waals surface area contributed by atoms with Crippen LogP contribution >= 0.6 is 11.8 Å². The minimum atomic E-state index is -0.326. The molecule has 0 aliphatic rings. The maximum absolute atomic E-state index is 13.1. The number of hydrogen-bond donors (Lipinski definition) is 1. The Morgan fingerprint density at radius 2 is 2.04 bits per heavy atom. The van der Waals surface area contributed by atoms with Gasteiger partial charge in [0.2, 0.25) is 5.88 Å². The fourth-order valence-electron chi connectivity index (χ4n) is 2.84. The molecule has 7 heteroatoms. The lowest BCUT2D eigenvalue weighted by Crippen LogP contribution is -2.25. The van der Waals surface area contributed by atoms with Crippen LogP contribution in [-0.4, -0.2) is 21.8 Å². The van der Waals surface area contributed by atoms with Gasteiger partial charge in [-0.25, -0.2) is 0 Å². The average molecular weight is 393 g/mol. The second kappa shape index (κ2) is 8.63. The zero-order valence-electron chi connectivity index (χ0n) is 15.5. The van der Waals surface area contributed by atoms with E-state index in [9.17, 15) is 9.90 Å². The van der Waals surface area contributed by atoms with E-state index in [1.54, 1.807) is 38.3 Å². The number of thioether (sulfide) groups is 1. The molecule has 1 aromatic heterocycles. The third-order valence-corrected chi connectivity index (χ3v) is 5.24. The minimum absolute atomic E-state index is 0.252. The Labute approximate surface area is 167 Å². The van der Waals surface area contributed by atoms with Gasteiger partial charge in [0.25, 0.3) is 5.56 Å². The van der Waals surface area contributed by atoms with Gasteiger partial charge in [0.1, 0.15) is 5.75 Å². The van der Waals surface area contributed by atoms with Gasteiger partial charge in [-0.15, -0.1) is 0 Å².